The van der Waals surface area contributed by atoms with Crippen molar-refractivity contribution in [3.05, 3.63) is 59.2 Å². The zero-order valence-corrected chi connectivity index (χ0v) is 17.6. The Bertz CT molecular complexity index is 946. The molecule has 0 aliphatic carbocycles. The Labute approximate surface area is 172 Å². The van der Waals surface area contributed by atoms with Gasteiger partial charge in [0.1, 0.15) is 5.82 Å². The van der Waals surface area contributed by atoms with E-state index in [-0.39, 0.29) is 5.82 Å². The normalized spacial score (nSPS) is 11.0. The Morgan fingerprint density at radius 3 is 2.57 bits per heavy atom. The molecule has 0 N–H and O–H groups in total. The Morgan fingerprint density at radius 1 is 1.00 bits per heavy atom. The molecule has 0 fully saturated rings. The number of fused-ring (bicyclic) bond motifs is 1. The fraction of sp³-hybridized carbons (Fsp3) is 0.360. The maximum atomic E-state index is 13.2. The predicted molar refractivity (Wildman–Crippen MR) is 120 cm³/mol. The van der Waals surface area contributed by atoms with E-state index in [0.717, 1.165) is 36.1 Å². The van der Waals surface area contributed by atoms with E-state index in [0.29, 0.717) is 0 Å². The van der Waals surface area contributed by atoms with Crippen LogP contribution in [0.5, 0.6) is 0 Å². The van der Waals surface area contributed by atoms with Gasteiger partial charge in [-0.15, -0.1) is 11.3 Å². The average Bonchev–Trinajstić information content (AvgIpc) is 3.12. The Morgan fingerprint density at radius 2 is 1.79 bits per heavy atom. The highest BCUT2D eigenvalue weighted by Gasteiger charge is 2.07. The van der Waals surface area contributed by atoms with Gasteiger partial charge < -0.3 is 4.90 Å². The summed E-state index contributed by atoms with van der Waals surface area (Å²) in [5.41, 5.74) is 3.27. The van der Waals surface area contributed by atoms with Gasteiger partial charge in [-0.25, -0.2) is 4.39 Å². The monoisotopic (exact) mass is 393 g/mol. The van der Waals surface area contributed by atoms with E-state index in [2.05, 4.69) is 54.3 Å². The van der Waals surface area contributed by atoms with Crippen LogP contribution in [-0.4, -0.2) is 25.0 Å². The summed E-state index contributed by atoms with van der Waals surface area (Å²) in [5, 5.41) is 3.35. The van der Waals surface area contributed by atoms with Crippen LogP contribution in [0.1, 0.15) is 44.6 Å². The molecule has 0 atom stereocenters. The van der Waals surface area contributed by atoms with Gasteiger partial charge in [0.25, 0.3) is 0 Å². The molecule has 0 amide bonds. The minimum absolute atomic E-state index is 0.201. The first-order chi connectivity index (χ1) is 13.7. The third kappa shape index (κ3) is 5.67. The molecule has 146 valence electrons. The second kappa shape index (κ2) is 10.4. The lowest BCUT2D eigenvalue weighted by molar-refractivity contribution is 0.322. The first-order valence-electron chi connectivity index (χ1n) is 10.1. The van der Waals surface area contributed by atoms with E-state index in [1.54, 1.807) is 11.3 Å². The number of rotatable bonds is 8. The molecule has 0 aliphatic rings. The number of benzene rings is 2. The van der Waals surface area contributed by atoms with Crippen molar-refractivity contribution in [2.24, 2.45) is 0 Å². The third-order valence-corrected chi connectivity index (χ3v) is 5.89. The van der Waals surface area contributed by atoms with Crippen molar-refractivity contribution in [3.8, 4) is 23.0 Å². The first kappa shape index (κ1) is 20.6. The molecule has 0 unspecified atom stereocenters. The van der Waals surface area contributed by atoms with Crippen LogP contribution < -0.4 is 0 Å². The lowest BCUT2D eigenvalue weighted by Gasteiger charge is -2.15. The van der Waals surface area contributed by atoms with E-state index < -0.39 is 0 Å². The molecule has 0 spiro atoms. The standard InChI is InChI=1S/C25H28FNS/c1-3-4-7-16-27(2)17-8-5-6-9-20-10-15-23-24(19-28-25(23)18-20)21-11-13-22(26)14-12-21/h10-15,18-19H,3-5,7-8,16-17H2,1-2H3. The van der Waals surface area contributed by atoms with Crippen molar-refractivity contribution < 1.29 is 4.39 Å². The van der Waals surface area contributed by atoms with Crippen molar-refractivity contribution in [1.82, 2.24) is 4.90 Å². The molecule has 1 heterocycles. The van der Waals surface area contributed by atoms with Crippen LogP contribution in [0, 0.1) is 17.7 Å². The molecular weight excluding hydrogens is 365 g/mol. The topological polar surface area (TPSA) is 3.24 Å². The van der Waals surface area contributed by atoms with Gasteiger partial charge in [0, 0.05) is 27.6 Å². The highest BCUT2D eigenvalue weighted by molar-refractivity contribution is 7.17. The van der Waals surface area contributed by atoms with Crippen LogP contribution in [0.25, 0.3) is 21.2 Å². The van der Waals surface area contributed by atoms with E-state index in [1.165, 1.54) is 48.0 Å². The second-order valence-electron chi connectivity index (χ2n) is 7.28. The second-order valence-corrected chi connectivity index (χ2v) is 8.19. The maximum absolute atomic E-state index is 13.2. The average molecular weight is 394 g/mol. The van der Waals surface area contributed by atoms with Crippen molar-refractivity contribution in [2.75, 3.05) is 20.1 Å². The van der Waals surface area contributed by atoms with Crippen molar-refractivity contribution >= 4 is 21.4 Å². The SMILES string of the molecule is CCCCCN(C)CCCC#Cc1ccc2c(-c3ccc(F)cc3)csc2c1. The van der Waals surface area contributed by atoms with Crippen LogP contribution >= 0.6 is 11.3 Å². The van der Waals surface area contributed by atoms with Crippen LogP contribution in [0.3, 0.4) is 0 Å². The number of hydrogen-bond donors (Lipinski definition) is 0. The van der Waals surface area contributed by atoms with E-state index in [1.807, 2.05) is 12.1 Å². The minimum Gasteiger partial charge on any atom is -0.306 e. The number of unbranched alkanes of at least 4 members (excludes halogenated alkanes) is 3. The van der Waals surface area contributed by atoms with Crippen LogP contribution in [0.2, 0.25) is 0 Å². The molecule has 28 heavy (non-hydrogen) atoms. The highest BCUT2D eigenvalue weighted by atomic mass is 32.1. The van der Waals surface area contributed by atoms with Crippen molar-refractivity contribution in [1.29, 1.82) is 0 Å². The Balaban J connectivity index is 1.57. The molecule has 0 saturated carbocycles. The van der Waals surface area contributed by atoms with E-state index >= 15 is 0 Å². The lowest BCUT2D eigenvalue weighted by Crippen LogP contribution is -2.20. The largest absolute Gasteiger partial charge is 0.306 e. The summed E-state index contributed by atoms with van der Waals surface area (Å²) >= 11 is 1.72. The van der Waals surface area contributed by atoms with Gasteiger partial charge in [-0.1, -0.05) is 49.8 Å². The summed E-state index contributed by atoms with van der Waals surface area (Å²) in [7, 11) is 2.20. The summed E-state index contributed by atoms with van der Waals surface area (Å²) < 4.78 is 14.4. The molecule has 0 aliphatic heterocycles. The Kier molecular flexibility index (Phi) is 7.65. The van der Waals surface area contributed by atoms with E-state index in [9.17, 15) is 4.39 Å². The summed E-state index contributed by atoms with van der Waals surface area (Å²) in [4.78, 5) is 2.41. The molecule has 0 saturated heterocycles. The summed E-state index contributed by atoms with van der Waals surface area (Å²) in [6, 6.07) is 13.1. The van der Waals surface area contributed by atoms with Gasteiger partial charge in [-0.2, -0.15) is 0 Å². The quantitative estimate of drug-likeness (QED) is 0.295. The van der Waals surface area contributed by atoms with Gasteiger partial charge in [-0.05, 0) is 68.2 Å². The predicted octanol–water partition coefficient (Wildman–Crippen LogP) is 6.96. The zero-order chi connectivity index (χ0) is 19.8. The van der Waals surface area contributed by atoms with Gasteiger partial charge in [0.15, 0.2) is 0 Å². The van der Waals surface area contributed by atoms with Crippen LogP contribution in [-0.2, 0) is 0 Å². The zero-order valence-electron chi connectivity index (χ0n) is 16.8. The highest BCUT2D eigenvalue weighted by Crippen LogP contribution is 2.34. The lowest BCUT2D eigenvalue weighted by atomic mass is 10.0. The molecule has 3 aromatic rings. The van der Waals surface area contributed by atoms with E-state index in [4.69, 9.17) is 0 Å². The molecule has 3 heteroatoms. The number of hydrogen-bond acceptors (Lipinski definition) is 2. The fourth-order valence-corrected chi connectivity index (χ4v) is 4.31. The summed E-state index contributed by atoms with van der Waals surface area (Å²) in [5.74, 6) is 6.43. The molecule has 1 aromatic heterocycles. The fourth-order valence-electron chi connectivity index (χ4n) is 3.30. The maximum Gasteiger partial charge on any atom is 0.123 e. The molecule has 0 radical (unpaired) electrons. The minimum atomic E-state index is -0.201. The number of thiophene rings is 1. The Hall–Kier alpha value is -2.15. The van der Waals surface area contributed by atoms with Crippen molar-refractivity contribution in [2.45, 2.75) is 39.0 Å². The van der Waals surface area contributed by atoms with Gasteiger partial charge in [0.2, 0.25) is 0 Å². The molecule has 3 rings (SSSR count). The number of halogens is 1. The third-order valence-electron chi connectivity index (χ3n) is 4.95. The van der Waals surface area contributed by atoms with Gasteiger partial charge in [0.05, 0.1) is 0 Å². The summed E-state index contributed by atoms with van der Waals surface area (Å²) in [6.07, 6.45) is 5.93. The molecule has 2 aromatic carbocycles. The van der Waals surface area contributed by atoms with Crippen LogP contribution in [0.15, 0.2) is 47.8 Å². The van der Waals surface area contributed by atoms with Gasteiger partial charge >= 0.3 is 0 Å². The smallest absolute Gasteiger partial charge is 0.123 e. The summed E-state index contributed by atoms with van der Waals surface area (Å²) in [6.45, 7) is 4.54. The first-order valence-corrected chi connectivity index (χ1v) is 11.0. The number of nitrogens with zero attached hydrogens (tertiary/aromatic N) is 1. The molecular formula is C25H28FNS. The van der Waals surface area contributed by atoms with Crippen LogP contribution in [0.4, 0.5) is 4.39 Å². The van der Waals surface area contributed by atoms with Crippen molar-refractivity contribution in [3.63, 3.8) is 0 Å². The molecule has 0 bridgehead atoms. The van der Waals surface area contributed by atoms with Gasteiger partial charge in [-0.3, -0.25) is 0 Å². The molecule has 1 nitrogen and oxygen atoms in total.